The second-order valence-corrected chi connectivity index (χ2v) is 11.3. The Bertz CT molecular complexity index is 1140. The van der Waals surface area contributed by atoms with Gasteiger partial charge in [-0.2, -0.15) is 17.6 Å². The monoisotopic (exact) mass is 483 g/mol. The number of halogens is 4. The van der Waals surface area contributed by atoms with E-state index in [1.54, 1.807) is 39.1 Å². The summed E-state index contributed by atoms with van der Waals surface area (Å²) in [6, 6.07) is 5.31. The number of aryl methyl sites for hydroxylation is 1. The molecule has 0 fully saturated rings. The molecular weight excluding hydrogens is 458 g/mol. The maximum Gasteiger partial charge on any atom is 0.412 e. The van der Waals surface area contributed by atoms with E-state index in [4.69, 9.17) is 0 Å². The van der Waals surface area contributed by atoms with Crippen LogP contribution in [0.4, 0.5) is 28.9 Å². The molecule has 0 amide bonds. The molecule has 11 heteroatoms. The van der Waals surface area contributed by atoms with Gasteiger partial charge in [0.1, 0.15) is 4.75 Å². The largest absolute Gasteiger partial charge is 0.597 e. The van der Waals surface area contributed by atoms with Gasteiger partial charge >= 0.3 is 6.18 Å². The summed E-state index contributed by atoms with van der Waals surface area (Å²) in [6.07, 6.45) is -1.51. The Morgan fingerprint density at radius 2 is 1.82 bits per heavy atom. The van der Waals surface area contributed by atoms with Crippen LogP contribution in [-0.4, -0.2) is 48.0 Å². The molecule has 0 unspecified atom stereocenters. The first-order chi connectivity index (χ1) is 15.4. The van der Waals surface area contributed by atoms with Gasteiger partial charge in [0.05, 0.1) is 17.6 Å². The van der Waals surface area contributed by atoms with E-state index in [9.17, 15) is 22.1 Å². The molecule has 1 aliphatic rings. The summed E-state index contributed by atoms with van der Waals surface area (Å²) in [7, 11) is 1.23. The van der Waals surface area contributed by atoms with Gasteiger partial charge in [-0.15, -0.1) is 9.40 Å². The number of hydrogen-bond acceptors (Lipinski definition) is 5. The third-order valence-corrected chi connectivity index (χ3v) is 7.38. The molecule has 6 nitrogen and oxygen atoms in total. The van der Waals surface area contributed by atoms with Crippen LogP contribution >= 0.6 is 0 Å². The Labute approximate surface area is 192 Å². The van der Waals surface area contributed by atoms with Gasteiger partial charge in [-0.1, -0.05) is 12.1 Å². The van der Waals surface area contributed by atoms with E-state index < -0.39 is 34.3 Å². The highest BCUT2D eigenvalue weighted by Gasteiger charge is 2.50. The highest BCUT2D eigenvalue weighted by molar-refractivity contribution is 7.90. The van der Waals surface area contributed by atoms with Gasteiger partial charge in [0, 0.05) is 36.7 Å². The molecule has 0 saturated carbocycles. The first-order valence-corrected chi connectivity index (χ1v) is 11.6. The lowest BCUT2D eigenvalue weighted by atomic mass is 10.0. The summed E-state index contributed by atoms with van der Waals surface area (Å²) in [4.78, 5) is 6.20. The maximum atomic E-state index is 14.0. The van der Waals surface area contributed by atoms with Crippen LogP contribution in [0, 0.1) is 5.95 Å². The molecule has 178 valence electrons. The predicted octanol–water partition coefficient (Wildman–Crippen LogP) is 4.95. The predicted molar refractivity (Wildman–Crippen MR) is 119 cm³/mol. The third-order valence-electron chi connectivity index (χ3n) is 5.60. The lowest BCUT2D eigenvalue weighted by Crippen LogP contribution is -2.46. The molecule has 3 heterocycles. The molecule has 1 aromatic carbocycles. The molecule has 1 aliphatic heterocycles. The van der Waals surface area contributed by atoms with Gasteiger partial charge in [-0.25, -0.2) is 9.50 Å². The first kappa shape index (κ1) is 23.8. The van der Waals surface area contributed by atoms with Gasteiger partial charge in [0.25, 0.3) is 0 Å². The summed E-state index contributed by atoms with van der Waals surface area (Å²) in [6.45, 7) is 5.56. The fraction of sp³-hybridized carbons (Fsp3) is 0.455. The van der Waals surface area contributed by atoms with E-state index in [1.165, 1.54) is 29.8 Å². The number of hydrogen-bond donors (Lipinski definition) is 0. The highest BCUT2D eigenvalue weighted by atomic mass is 32.2. The Balaban J connectivity index is 1.68. The number of alkyl halides is 3. The molecule has 0 radical (unpaired) electrons. The average molecular weight is 484 g/mol. The zero-order valence-electron chi connectivity index (χ0n) is 18.7. The molecule has 0 N–H and O–H groups in total. The molecule has 2 atom stereocenters. The summed E-state index contributed by atoms with van der Waals surface area (Å²) < 4.78 is 69.7. The summed E-state index contributed by atoms with van der Waals surface area (Å²) in [5.41, 5.74) is 2.64. The molecule has 0 spiro atoms. The number of nitrogens with zero attached hydrogens (tertiary/aromatic N) is 5. The van der Waals surface area contributed by atoms with Crippen LogP contribution in [0.3, 0.4) is 0 Å². The van der Waals surface area contributed by atoms with Crippen LogP contribution in [0.25, 0.3) is 5.65 Å². The molecule has 4 rings (SSSR count). The molecule has 0 aliphatic carbocycles. The topological polar surface area (TPSA) is 59.7 Å². The van der Waals surface area contributed by atoms with E-state index in [0.717, 1.165) is 22.1 Å². The number of fused-ring (bicyclic) bond motifs is 3. The number of benzene rings is 1. The van der Waals surface area contributed by atoms with E-state index in [0.29, 0.717) is 24.3 Å². The summed E-state index contributed by atoms with van der Waals surface area (Å²) >= 11 is -1.86. The normalized spacial score (nSPS) is 16.8. The zero-order valence-corrected chi connectivity index (χ0v) is 19.5. The SMILES string of the molecule is CN([C@@H](c1ccc(N2CCCc3c2cnc2cc(F)nn32)cc1)C(F)(F)F)[S@+]([O-])C(C)(C)C. The van der Waals surface area contributed by atoms with Gasteiger partial charge in [0.2, 0.25) is 5.95 Å². The zero-order chi connectivity index (χ0) is 24.1. The second-order valence-electron chi connectivity index (χ2n) is 9.03. The highest BCUT2D eigenvalue weighted by Crippen LogP contribution is 2.41. The molecular formula is C22H25F4N5OS. The van der Waals surface area contributed by atoms with E-state index in [-0.39, 0.29) is 5.56 Å². The molecule has 2 aromatic heterocycles. The van der Waals surface area contributed by atoms with E-state index >= 15 is 0 Å². The summed E-state index contributed by atoms with van der Waals surface area (Å²) in [5.74, 6) is -0.618. The van der Waals surface area contributed by atoms with Crippen molar-refractivity contribution in [2.45, 2.75) is 50.6 Å². The Morgan fingerprint density at radius 3 is 2.42 bits per heavy atom. The Kier molecular flexibility index (Phi) is 6.08. The van der Waals surface area contributed by atoms with Crippen LogP contribution in [0.15, 0.2) is 36.5 Å². The number of rotatable bonds is 4. The van der Waals surface area contributed by atoms with Crippen molar-refractivity contribution in [1.82, 2.24) is 18.9 Å². The Morgan fingerprint density at radius 1 is 1.15 bits per heavy atom. The fourth-order valence-electron chi connectivity index (χ4n) is 4.17. The molecule has 33 heavy (non-hydrogen) atoms. The lowest BCUT2D eigenvalue weighted by Gasteiger charge is -2.36. The van der Waals surface area contributed by atoms with Crippen LogP contribution in [-0.2, 0) is 17.8 Å². The van der Waals surface area contributed by atoms with Crippen molar-refractivity contribution in [3.05, 3.63) is 53.7 Å². The van der Waals surface area contributed by atoms with Crippen molar-refractivity contribution >= 4 is 28.4 Å². The van der Waals surface area contributed by atoms with Crippen LogP contribution < -0.4 is 4.90 Å². The van der Waals surface area contributed by atoms with Crippen molar-refractivity contribution in [2.24, 2.45) is 0 Å². The smallest absolute Gasteiger partial charge is 0.412 e. The van der Waals surface area contributed by atoms with Crippen LogP contribution in [0.2, 0.25) is 0 Å². The standard InChI is InChI=1S/C22H25F4N5OS/c1-21(2,3)33(32)29(4)20(22(24,25)26)14-7-9-15(10-8-14)30-11-5-6-16-17(30)13-27-19-12-18(23)28-31(16)19/h7-10,12-13,20H,5-6,11H2,1-4H3/t20-,33+/m0/s1. The minimum atomic E-state index is -4.60. The second kappa shape index (κ2) is 8.44. The van der Waals surface area contributed by atoms with Gasteiger partial charge in [-0.3, -0.25) is 0 Å². The van der Waals surface area contributed by atoms with Crippen molar-refractivity contribution in [3.8, 4) is 0 Å². The molecule has 0 saturated heterocycles. The Hall–Kier alpha value is -2.37. The average Bonchev–Trinajstić information content (AvgIpc) is 3.12. The van der Waals surface area contributed by atoms with Gasteiger partial charge < -0.3 is 9.45 Å². The number of anilines is 2. The van der Waals surface area contributed by atoms with Crippen molar-refractivity contribution < 1.29 is 22.1 Å². The fourth-order valence-corrected chi connectivity index (χ4v) is 5.46. The first-order valence-electron chi connectivity index (χ1n) is 10.5. The molecule has 0 bridgehead atoms. The summed E-state index contributed by atoms with van der Waals surface area (Å²) in [5, 5.41) is 3.88. The van der Waals surface area contributed by atoms with Crippen molar-refractivity contribution in [1.29, 1.82) is 0 Å². The van der Waals surface area contributed by atoms with Crippen LogP contribution in [0.1, 0.15) is 44.5 Å². The maximum absolute atomic E-state index is 14.0. The van der Waals surface area contributed by atoms with E-state index in [1.807, 2.05) is 4.90 Å². The van der Waals surface area contributed by atoms with Crippen molar-refractivity contribution in [2.75, 3.05) is 18.5 Å². The molecule has 3 aromatic rings. The van der Waals surface area contributed by atoms with Crippen LogP contribution in [0.5, 0.6) is 0 Å². The minimum Gasteiger partial charge on any atom is -0.597 e. The third kappa shape index (κ3) is 4.53. The quantitative estimate of drug-likeness (QED) is 0.388. The van der Waals surface area contributed by atoms with Crippen molar-refractivity contribution in [3.63, 3.8) is 0 Å². The number of aromatic nitrogens is 3. The lowest BCUT2D eigenvalue weighted by molar-refractivity contribution is -0.171. The van der Waals surface area contributed by atoms with E-state index in [2.05, 4.69) is 10.1 Å². The van der Waals surface area contributed by atoms with Gasteiger partial charge in [-0.05, 0) is 51.3 Å². The minimum absolute atomic E-state index is 0.00584. The van der Waals surface area contributed by atoms with Gasteiger partial charge in [0.15, 0.2) is 11.7 Å².